The van der Waals surface area contributed by atoms with Gasteiger partial charge in [0.2, 0.25) is 0 Å². The van der Waals surface area contributed by atoms with Crippen molar-refractivity contribution < 1.29 is 4.79 Å². The second-order valence-corrected chi connectivity index (χ2v) is 7.82. The number of benzene rings is 3. The van der Waals surface area contributed by atoms with Crippen LogP contribution >= 0.6 is 0 Å². The number of aromatic amines is 1. The molecule has 0 saturated heterocycles. The van der Waals surface area contributed by atoms with E-state index in [2.05, 4.69) is 27.9 Å². The minimum absolute atomic E-state index is 0.0882. The second-order valence-electron chi connectivity index (χ2n) is 7.82. The Balaban J connectivity index is 1.41. The van der Waals surface area contributed by atoms with Crippen molar-refractivity contribution in [2.45, 2.75) is 6.42 Å². The standard InChI is InChI=1S/C26H21N5O2/c27-26(28)19-5-3-6-21(15-19)31-23(16-25(33)29-31)24(32)14-17-8-10-20(11-9-17)30-13-12-18-4-1-2-7-22(18)30/h1-13,15-16H,14H2,(H3,27,28)(H,29,33). The molecule has 0 atom stereocenters. The first-order valence-corrected chi connectivity index (χ1v) is 10.4. The molecule has 2 heterocycles. The Labute approximate surface area is 189 Å². The first-order valence-electron chi connectivity index (χ1n) is 10.4. The van der Waals surface area contributed by atoms with E-state index in [0.717, 1.165) is 22.2 Å². The van der Waals surface area contributed by atoms with Gasteiger partial charge in [0.15, 0.2) is 5.78 Å². The molecule has 4 N–H and O–H groups in total. The number of carbonyl (C=O) groups is 1. The number of amidine groups is 1. The normalized spacial score (nSPS) is 11.0. The van der Waals surface area contributed by atoms with E-state index in [4.69, 9.17) is 11.1 Å². The minimum atomic E-state index is -0.374. The third-order valence-electron chi connectivity index (χ3n) is 5.61. The van der Waals surface area contributed by atoms with Crippen LogP contribution in [0.15, 0.2) is 95.9 Å². The lowest BCUT2D eigenvalue weighted by molar-refractivity contribution is 0.0985. The molecule has 0 unspecified atom stereocenters. The number of para-hydroxylation sites is 1. The van der Waals surface area contributed by atoms with E-state index >= 15 is 0 Å². The van der Waals surface area contributed by atoms with Crippen LogP contribution in [0.3, 0.4) is 0 Å². The molecule has 7 heteroatoms. The predicted molar refractivity (Wildman–Crippen MR) is 129 cm³/mol. The Morgan fingerprint density at radius 2 is 1.70 bits per heavy atom. The van der Waals surface area contributed by atoms with Crippen LogP contribution in [0.2, 0.25) is 0 Å². The van der Waals surface area contributed by atoms with Gasteiger partial charge in [0.05, 0.1) is 11.2 Å². The van der Waals surface area contributed by atoms with Gasteiger partial charge in [-0.05, 0) is 47.3 Å². The molecule has 5 aromatic rings. The van der Waals surface area contributed by atoms with Gasteiger partial charge >= 0.3 is 0 Å². The lowest BCUT2D eigenvalue weighted by Gasteiger charge is -2.10. The number of H-pyrrole nitrogens is 1. The number of nitrogens with zero attached hydrogens (tertiary/aromatic N) is 2. The van der Waals surface area contributed by atoms with Crippen molar-refractivity contribution in [3.63, 3.8) is 0 Å². The lowest BCUT2D eigenvalue weighted by Crippen LogP contribution is -2.14. The van der Waals surface area contributed by atoms with Gasteiger partial charge in [-0.15, -0.1) is 0 Å². The van der Waals surface area contributed by atoms with Crippen molar-refractivity contribution in [3.05, 3.63) is 118 Å². The third-order valence-corrected chi connectivity index (χ3v) is 5.61. The van der Waals surface area contributed by atoms with Crippen molar-refractivity contribution in [2.75, 3.05) is 0 Å². The van der Waals surface area contributed by atoms with Crippen LogP contribution in [-0.2, 0) is 6.42 Å². The van der Waals surface area contributed by atoms with Crippen LogP contribution in [0.4, 0.5) is 0 Å². The summed E-state index contributed by atoms with van der Waals surface area (Å²) in [6.07, 6.45) is 2.18. The van der Waals surface area contributed by atoms with Crippen molar-refractivity contribution in [2.24, 2.45) is 5.73 Å². The van der Waals surface area contributed by atoms with Crippen molar-refractivity contribution >= 4 is 22.5 Å². The highest BCUT2D eigenvalue weighted by Gasteiger charge is 2.16. The molecule has 0 aliphatic carbocycles. The molecule has 0 amide bonds. The third kappa shape index (κ3) is 3.87. The number of nitrogen functional groups attached to an aromatic ring is 1. The fourth-order valence-electron chi connectivity index (χ4n) is 3.97. The monoisotopic (exact) mass is 435 g/mol. The molecule has 0 aliphatic heterocycles. The van der Waals surface area contributed by atoms with E-state index in [-0.39, 0.29) is 29.3 Å². The van der Waals surface area contributed by atoms with E-state index in [1.807, 2.05) is 42.6 Å². The zero-order valence-electron chi connectivity index (χ0n) is 17.7. The van der Waals surface area contributed by atoms with Crippen LogP contribution in [0.1, 0.15) is 21.6 Å². The van der Waals surface area contributed by atoms with Gasteiger partial charge in [0.25, 0.3) is 5.56 Å². The maximum atomic E-state index is 13.1. The molecule has 0 aliphatic rings. The van der Waals surface area contributed by atoms with Crippen molar-refractivity contribution in [1.29, 1.82) is 5.41 Å². The number of hydrogen-bond donors (Lipinski definition) is 3. The number of ketones is 1. The van der Waals surface area contributed by atoms with Gasteiger partial charge in [0, 0.05) is 29.9 Å². The number of hydrogen-bond acceptors (Lipinski definition) is 3. The molecule has 0 bridgehead atoms. The molecule has 33 heavy (non-hydrogen) atoms. The molecule has 0 spiro atoms. The lowest BCUT2D eigenvalue weighted by atomic mass is 10.1. The van der Waals surface area contributed by atoms with Gasteiger partial charge in [-0.25, -0.2) is 4.68 Å². The Kier molecular flexibility index (Phi) is 4.99. The highest BCUT2D eigenvalue weighted by molar-refractivity contribution is 5.97. The predicted octanol–water partition coefficient (Wildman–Crippen LogP) is 3.82. The summed E-state index contributed by atoms with van der Waals surface area (Å²) < 4.78 is 3.55. The molecule has 162 valence electrons. The summed E-state index contributed by atoms with van der Waals surface area (Å²) in [5.41, 5.74) is 9.49. The molecule has 7 nitrogen and oxygen atoms in total. The number of carbonyl (C=O) groups excluding carboxylic acids is 1. The summed E-state index contributed by atoms with van der Waals surface area (Å²) >= 11 is 0. The smallest absolute Gasteiger partial charge is 0.265 e. The van der Waals surface area contributed by atoms with Gasteiger partial charge in [0.1, 0.15) is 11.5 Å². The molecular formula is C26H21N5O2. The summed E-state index contributed by atoms with van der Waals surface area (Å²) in [4.78, 5) is 25.1. The quantitative estimate of drug-likeness (QED) is 0.214. The van der Waals surface area contributed by atoms with Crippen LogP contribution in [0.5, 0.6) is 0 Å². The zero-order chi connectivity index (χ0) is 22.9. The molecule has 5 rings (SSSR count). The molecular weight excluding hydrogens is 414 g/mol. The van der Waals surface area contributed by atoms with Gasteiger partial charge in [-0.1, -0.05) is 42.5 Å². The van der Waals surface area contributed by atoms with Crippen LogP contribution in [0.25, 0.3) is 22.3 Å². The number of nitrogens with two attached hydrogens (primary N) is 1. The summed E-state index contributed by atoms with van der Waals surface area (Å²) in [6.45, 7) is 0. The highest BCUT2D eigenvalue weighted by atomic mass is 16.1. The van der Waals surface area contributed by atoms with E-state index in [0.29, 0.717) is 11.3 Å². The Morgan fingerprint density at radius 1 is 0.909 bits per heavy atom. The summed E-state index contributed by atoms with van der Waals surface area (Å²) in [7, 11) is 0. The molecule has 0 radical (unpaired) electrons. The van der Waals surface area contributed by atoms with Crippen LogP contribution in [0, 0.1) is 5.41 Å². The first-order chi connectivity index (χ1) is 16.0. The first kappa shape index (κ1) is 20.3. The zero-order valence-corrected chi connectivity index (χ0v) is 17.7. The molecule has 3 aromatic carbocycles. The number of nitrogens with one attached hydrogen (secondary N) is 2. The average molecular weight is 435 g/mol. The molecule has 0 saturated carbocycles. The van der Waals surface area contributed by atoms with Gasteiger partial charge in [-0.2, -0.15) is 0 Å². The topological polar surface area (TPSA) is 110 Å². The van der Waals surface area contributed by atoms with Crippen LogP contribution < -0.4 is 11.3 Å². The highest BCUT2D eigenvalue weighted by Crippen LogP contribution is 2.21. The molecule has 2 aromatic heterocycles. The number of aromatic nitrogens is 3. The second kappa shape index (κ2) is 8.12. The van der Waals surface area contributed by atoms with E-state index in [1.54, 1.807) is 24.3 Å². The Hall–Kier alpha value is -4.65. The number of fused-ring (bicyclic) bond motifs is 1. The van der Waals surface area contributed by atoms with Crippen molar-refractivity contribution in [1.82, 2.24) is 14.3 Å². The fourth-order valence-corrected chi connectivity index (χ4v) is 3.97. The maximum Gasteiger partial charge on any atom is 0.265 e. The minimum Gasteiger partial charge on any atom is -0.384 e. The Morgan fingerprint density at radius 3 is 2.48 bits per heavy atom. The SMILES string of the molecule is N=C(N)c1cccc(-n2[nH]c(=O)cc2C(=O)Cc2ccc(-n3ccc4ccccc43)cc2)c1. The summed E-state index contributed by atoms with van der Waals surface area (Å²) in [5, 5.41) is 11.5. The Bertz CT molecular complexity index is 1550. The largest absolute Gasteiger partial charge is 0.384 e. The fraction of sp³-hybridized carbons (Fsp3) is 0.0385. The van der Waals surface area contributed by atoms with E-state index in [9.17, 15) is 9.59 Å². The van der Waals surface area contributed by atoms with E-state index in [1.165, 1.54) is 10.7 Å². The summed E-state index contributed by atoms with van der Waals surface area (Å²) in [5.74, 6) is -0.282. The number of Topliss-reactive ketones (excluding diaryl/α,β-unsaturated/α-hetero) is 1. The molecule has 0 fully saturated rings. The van der Waals surface area contributed by atoms with E-state index < -0.39 is 0 Å². The van der Waals surface area contributed by atoms with Crippen molar-refractivity contribution in [3.8, 4) is 11.4 Å². The van der Waals surface area contributed by atoms with Crippen LogP contribution in [-0.4, -0.2) is 26.0 Å². The average Bonchev–Trinajstić information content (AvgIpc) is 3.43. The maximum absolute atomic E-state index is 13.1. The van der Waals surface area contributed by atoms with Gasteiger partial charge in [-0.3, -0.25) is 20.1 Å². The summed E-state index contributed by atoms with van der Waals surface area (Å²) in [6, 6.07) is 26.2. The number of rotatable bonds is 6. The van der Waals surface area contributed by atoms with Gasteiger partial charge < -0.3 is 10.3 Å².